The summed E-state index contributed by atoms with van der Waals surface area (Å²) in [6.07, 6.45) is 2.84. The van der Waals surface area contributed by atoms with Gasteiger partial charge in [0.05, 0.1) is 12.0 Å². The first-order valence-electron chi connectivity index (χ1n) is 6.33. The summed E-state index contributed by atoms with van der Waals surface area (Å²) in [5.74, 6) is 0.139. The third-order valence-electron chi connectivity index (χ3n) is 3.44. The second-order valence-corrected chi connectivity index (χ2v) is 4.71. The lowest BCUT2D eigenvalue weighted by atomic mass is 9.94. The summed E-state index contributed by atoms with van der Waals surface area (Å²) in [5.41, 5.74) is -0.251. The van der Waals surface area contributed by atoms with E-state index in [1.54, 1.807) is 11.8 Å². The van der Waals surface area contributed by atoms with Gasteiger partial charge < -0.3 is 9.64 Å². The van der Waals surface area contributed by atoms with Crippen LogP contribution in [0.5, 0.6) is 5.88 Å². The fourth-order valence-corrected chi connectivity index (χ4v) is 2.40. The SMILES string of the molecule is COc1ncnc(N2CCCC(C(C)=O)C2)c1[N+](=O)[O-]. The molecule has 8 heteroatoms. The lowest BCUT2D eigenvalue weighted by molar-refractivity contribution is -0.385. The van der Waals surface area contributed by atoms with Crippen LogP contribution in [-0.4, -0.2) is 40.9 Å². The van der Waals surface area contributed by atoms with Gasteiger partial charge in [0, 0.05) is 19.0 Å². The highest BCUT2D eigenvalue weighted by Gasteiger charge is 2.31. The molecule has 0 spiro atoms. The van der Waals surface area contributed by atoms with Crippen molar-refractivity contribution >= 4 is 17.3 Å². The van der Waals surface area contributed by atoms with E-state index < -0.39 is 4.92 Å². The molecule has 0 saturated carbocycles. The molecule has 0 N–H and O–H groups in total. The Morgan fingerprint density at radius 3 is 2.90 bits per heavy atom. The molecule has 8 nitrogen and oxygen atoms in total. The van der Waals surface area contributed by atoms with Crippen LogP contribution in [0.3, 0.4) is 0 Å². The summed E-state index contributed by atoms with van der Waals surface area (Å²) < 4.78 is 4.93. The molecule has 0 aliphatic carbocycles. The van der Waals surface area contributed by atoms with Gasteiger partial charge >= 0.3 is 5.69 Å². The molecule has 0 bridgehead atoms. The zero-order valence-electron chi connectivity index (χ0n) is 11.4. The van der Waals surface area contributed by atoms with Gasteiger partial charge in [-0.3, -0.25) is 14.9 Å². The van der Waals surface area contributed by atoms with Crippen LogP contribution >= 0.6 is 0 Å². The van der Waals surface area contributed by atoms with Gasteiger partial charge in [0.1, 0.15) is 12.1 Å². The molecule has 1 atom stereocenters. The Morgan fingerprint density at radius 1 is 1.55 bits per heavy atom. The van der Waals surface area contributed by atoms with E-state index in [0.29, 0.717) is 13.1 Å². The maximum Gasteiger partial charge on any atom is 0.372 e. The van der Waals surface area contributed by atoms with Crippen LogP contribution in [0.15, 0.2) is 6.33 Å². The summed E-state index contributed by atoms with van der Waals surface area (Å²) in [4.78, 5) is 31.7. The largest absolute Gasteiger partial charge is 0.476 e. The van der Waals surface area contributed by atoms with Crippen molar-refractivity contribution in [2.24, 2.45) is 5.92 Å². The van der Waals surface area contributed by atoms with Crippen LogP contribution in [0.4, 0.5) is 11.5 Å². The number of nitro groups is 1. The van der Waals surface area contributed by atoms with E-state index in [1.165, 1.54) is 13.4 Å². The van der Waals surface area contributed by atoms with Crippen LogP contribution in [0.1, 0.15) is 19.8 Å². The predicted octanol–water partition coefficient (Wildman–Crippen LogP) is 1.20. The number of rotatable bonds is 4. The molecule has 108 valence electrons. The first kappa shape index (κ1) is 14.2. The summed E-state index contributed by atoms with van der Waals surface area (Å²) in [7, 11) is 1.33. The number of hydrogen-bond donors (Lipinski definition) is 0. The zero-order valence-corrected chi connectivity index (χ0v) is 11.4. The van der Waals surface area contributed by atoms with E-state index in [2.05, 4.69) is 9.97 Å². The molecule has 1 unspecified atom stereocenters. The Balaban J connectivity index is 2.37. The van der Waals surface area contributed by atoms with Crippen LogP contribution in [0, 0.1) is 16.0 Å². The summed E-state index contributed by atoms with van der Waals surface area (Å²) in [5, 5.41) is 11.2. The fraction of sp³-hybridized carbons (Fsp3) is 0.583. The quantitative estimate of drug-likeness (QED) is 0.603. The van der Waals surface area contributed by atoms with E-state index in [4.69, 9.17) is 4.74 Å². The van der Waals surface area contributed by atoms with Gasteiger partial charge in [0.2, 0.25) is 5.82 Å². The number of aromatic nitrogens is 2. The molecule has 1 fully saturated rings. The number of Topliss-reactive ketones (excluding diaryl/α,β-unsaturated/α-hetero) is 1. The van der Waals surface area contributed by atoms with Crippen molar-refractivity contribution in [3.05, 3.63) is 16.4 Å². The molecule has 0 aromatic carbocycles. The van der Waals surface area contributed by atoms with Crippen LogP contribution in [0.25, 0.3) is 0 Å². The van der Waals surface area contributed by atoms with Gasteiger partial charge in [-0.25, -0.2) is 4.98 Å². The first-order valence-corrected chi connectivity index (χ1v) is 6.33. The first-order chi connectivity index (χ1) is 9.54. The second kappa shape index (κ2) is 5.81. The van der Waals surface area contributed by atoms with Gasteiger partial charge in [-0.1, -0.05) is 0 Å². The lowest BCUT2D eigenvalue weighted by Gasteiger charge is -2.31. The maximum absolute atomic E-state index is 11.5. The van der Waals surface area contributed by atoms with Gasteiger partial charge in [-0.05, 0) is 19.8 Å². The lowest BCUT2D eigenvalue weighted by Crippen LogP contribution is -2.39. The molecule has 1 aromatic rings. The third-order valence-corrected chi connectivity index (χ3v) is 3.44. The average molecular weight is 280 g/mol. The van der Waals surface area contributed by atoms with Crippen LogP contribution in [0.2, 0.25) is 0 Å². The molecule has 2 rings (SSSR count). The van der Waals surface area contributed by atoms with Crippen molar-refractivity contribution in [3.63, 3.8) is 0 Å². The van der Waals surface area contributed by atoms with E-state index in [9.17, 15) is 14.9 Å². The number of carbonyl (C=O) groups excluding carboxylic acids is 1. The zero-order chi connectivity index (χ0) is 14.7. The molecule has 0 radical (unpaired) electrons. The van der Waals surface area contributed by atoms with Gasteiger partial charge in [-0.2, -0.15) is 4.98 Å². The summed E-state index contributed by atoms with van der Waals surface area (Å²) in [6.45, 7) is 2.62. The van der Waals surface area contributed by atoms with Crippen molar-refractivity contribution < 1.29 is 14.5 Å². The molecule has 2 heterocycles. The number of hydrogen-bond acceptors (Lipinski definition) is 7. The van der Waals surface area contributed by atoms with Crippen molar-refractivity contribution in [2.75, 3.05) is 25.1 Å². The van der Waals surface area contributed by atoms with E-state index in [1.807, 2.05) is 0 Å². The number of ketones is 1. The van der Waals surface area contributed by atoms with E-state index >= 15 is 0 Å². The maximum atomic E-state index is 11.5. The minimum absolute atomic E-state index is 0.0649. The highest BCUT2D eigenvalue weighted by atomic mass is 16.6. The topological polar surface area (TPSA) is 98.5 Å². The normalized spacial score (nSPS) is 18.7. The Morgan fingerprint density at radius 2 is 2.30 bits per heavy atom. The number of ether oxygens (including phenoxy) is 1. The Bertz CT molecular complexity index is 534. The number of methoxy groups -OCH3 is 1. The smallest absolute Gasteiger partial charge is 0.372 e. The number of nitrogens with zero attached hydrogens (tertiary/aromatic N) is 4. The number of piperidine rings is 1. The van der Waals surface area contributed by atoms with Gasteiger partial charge in [0.15, 0.2) is 0 Å². The van der Waals surface area contributed by atoms with Crippen molar-refractivity contribution in [1.29, 1.82) is 0 Å². The molecule has 0 amide bonds. The van der Waals surface area contributed by atoms with Gasteiger partial charge in [-0.15, -0.1) is 0 Å². The molecular weight excluding hydrogens is 264 g/mol. The molecule has 20 heavy (non-hydrogen) atoms. The third kappa shape index (κ3) is 2.68. The van der Waals surface area contributed by atoms with Crippen LogP contribution in [-0.2, 0) is 4.79 Å². The minimum Gasteiger partial charge on any atom is -0.476 e. The monoisotopic (exact) mass is 280 g/mol. The molecule has 1 aliphatic heterocycles. The van der Waals surface area contributed by atoms with E-state index in [-0.39, 0.29) is 29.1 Å². The summed E-state index contributed by atoms with van der Waals surface area (Å²) in [6, 6.07) is 0. The molecule has 1 aromatic heterocycles. The van der Waals surface area contributed by atoms with Crippen molar-refractivity contribution in [1.82, 2.24) is 9.97 Å². The standard InChI is InChI=1S/C12H16N4O4/c1-8(17)9-4-3-5-15(6-9)11-10(16(18)19)12(20-2)14-7-13-11/h7,9H,3-6H2,1-2H3. The highest BCUT2D eigenvalue weighted by molar-refractivity contribution is 5.79. The molecular formula is C12H16N4O4. The second-order valence-electron chi connectivity index (χ2n) is 4.71. The predicted molar refractivity (Wildman–Crippen MR) is 70.9 cm³/mol. The van der Waals surface area contributed by atoms with Gasteiger partial charge in [0.25, 0.3) is 5.88 Å². The fourth-order valence-electron chi connectivity index (χ4n) is 2.40. The Kier molecular flexibility index (Phi) is 4.11. The number of carbonyl (C=O) groups is 1. The van der Waals surface area contributed by atoms with E-state index in [0.717, 1.165) is 12.8 Å². The van der Waals surface area contributed by atoms with Crippen molar-refractivity contribution in [3.8, 4) is 5.88 Å². The molecule has 1 saturated heterocycles. The van der Waals surface area contributed by atoms with Crippen molar-refractivity contribution in [2.45, 2.75) is 19.8 Å². The molecule has 1 aliphatic rings. The minimum atomic E-state index is -0.550. The Labute approximate surface area is 115 Å². The summed E-state index contributed by atoms with van der Waals surface area (Å²) >= 11 is 0. The number of anilines is 1. The van der Waals surface area contributed by atoms with Crippen LogP contribution < -0.4 is 9.64 Å². The highest BCUT2D eigenvalue weighted by Crippen LogP contribution is 2.35. The average Bonchev–Trinajstić information content (AvgIpc) is 2.46. The Hall–Kier alpha value is -2.25.